The standard InChI is InChI=1S/C23H30N4O3.HI/c1-17-7-4-5-10-21(17)22-16-27(12-14-30-22)23(24-3)25-11-13-29-20-9-6-8-19(15-20)26-18(2)28;/h4-10,15,22H,11-14,16H2,1-3H3,(H,24,25)(H,26,28);1H. The number of ether oxygens (including phenoxy) is 2. The molecule has 0 aliphatic carbocycles. The molecule has 1 unspecified atom stereocenters. The van der Waals surface area contributed by atoms with Crippen molar-refractivity contribution in [3.8, 4) is 5.75 Å². The van der Waals surface area contributed by atoms with E-state index in [1.807, 2.05) is 30.3 Å². The first-order valence-electron chi connectivity index (χ1n) is 10.2. The molecule has 0 aromatic heterocycles. The first kappa shape index (κ1) is 24.9. The Morgan fingerprint density at radius 1 is 1.26 bits per heavy atom. The van der Waals surface area contributed by atoms with Gasteiger partial charge in [0, 0.05) is 32.3 Å². The molecule has 168 valence electrons. The smallest absolute Gasteiger partial charge is 0.221 e. The molecule has 1 aliphatic rings. The number of carbonyl (C=O) groups is 1. The number of nitrogens with zero attached hydrogens (tertiary/aromatic N) is 2. The van der Waals surface area contributed by atoms with Gasteiger partial charge in [-0.15, -0.1) is 24.0 Å². The van der Waals surface area contributed by atoms with Crippen LogP contribution in [0, 0.1) is 6.92 Å². The largest absolute Gasteiger partial charge is 0.492 e. The van der Waals surface area contributed by atoms with Crippen LogP contribution < -0.4 is 15.4 Å². The Morgan fingerprint density at radius 2 is 2.06 bits per heavy atom. The van der Waals surface area contributed by atoms with Crippen LogP contribution in [0.3, 0.4) is 0 Å². The van der Waals surface area contributed by atoms with E-state index in [1.165, 1.54) is 18.1 Å². The molecule has 3 rings (SSSR count). The average Bonchev–Trinajstić information content (AvgIpc) is 2.74. The second-order valence-electron chi connectivity index (χ2n) is 7.19. The summed E-state index contributed by atoms with van der Waals surface area (Å²) < 4.78 is 11.8. The lowest BCUT2D eigenvalue weighted by atomic mass is 10.0. The van der Waals surface area contributed by atoms with Crippen LogP contribution in [0.2, 0.25) is 0 Å². The molecular weight excluding hydrogens is 507 g/mol. The minimum absolute atomic E-state index is 0. The third-order valence-corrected chi connectivity index (χ3v) is 4.92. The highest BCUT2D eigenvalue weighted by Crippen LogP contribution is 2.25. The van der Waals surface area contributed by atoms with E-state index in [1.54, 1.807) is 7.05 Å². The third-order valence-electron chi connectivity index (χ3n) is 4.92. The summed E-state index contributed by atoms with van der Waals surface area (Å²) in [6, 6.07) is 15.7. The molecule has 2 N–H and O–H groups in total. The van der Waals surface area contributed by atoms with Crippen LogP contribution in [-0.2, 0) is 9.53 Å². The molecular formula is C23H31IN4O3. The summed E-state index contributed by atoms with van der Waals surface area (Å²) in [7, 11) is 1.79. The fourth-order valence-corrected chi connectivity index (χ4v) is 3.51. The lowest BCUT2D eigenvalue weighted by Gasteiger charge is -2.35. The number of rotatable bonds is 6. The Hall–Kier alpha value is -2.33. The van der Waals surface area contributed by atoms with Gasteiger partial charge < -0.3 is 25.0 Å². The molecule has 0 bridgehead atoms. The number of nitrogens with one attached hydrogen (secondary N) is 2. The van der Waals surface area contributed by atoms with Gasteiger partial charge in [0.15, 0.2) is 5.96 Å². The van der Waals surface area contributed by atoms with E-state index in [4.69, 9.17) is 9.47 Å². The van der Waals surface area contributed by atoms with Gasteiger partial charge in [-0.2, -0.15) is 0 Å². The van der Waals surface area contributed by atoms with E-state index in [2.05, 4.69) is 45.6 Å². The monoisotopic (exact) mass is 538 g/mol. The molecule has 0 radical (unpaired) electrons. The number of anilines is 1. The van der Waals surface area contributed by atoms with Crippen LogP contribution >= 0.6 is 24.0 Å². The van der Waals surface area contributed by atoms with Gasteiger partial charge in [0.05, 0.1) is 19.7 Å². The van der Waals surface area contributed by atoms with E-state index in [0.29, 0.717) is 25.5 Å². The predicted molar refractivity (Wildman–Crippen MR) is 134 cm³/mol. The predicted octanol–water partition coefficient (Wildman–Crippen LogP) is 3.60. The first-order chi connectivity index (χ1) is 14.6. The van der Waals surface area contributed by atoms with E-state index < -0.39 is 0 Å². The molecule has 31 heavy (non-hydrogen) atoms. The van der Waals surface area contributed by atoms with E-state index in [9.17, 15) is 4.79 Å². The zero-order valence-electron chi connectivity index (χ0n) is 18.3. The van der Waals surface area contributed by atoms with Crippen LogP contribution in [0.1, 0.15) is 24.2 Å². The van der Waals surface area contributed by atoms with Crippen molar-refractivity contribution < 1.29 is 14.3 Å². The highest BCUT2D eigenvalue weighted by molar-refractivity contribution is 14.0. The highest BCUT2D eigenvalue weighted by Gasteiger charge is 2.25. The van der Waals surface area contributed by atoms with Crippen LogP contribution in [0.25, 0.3) is 0 Å². The number of morpholine rings is 1. The summed E-state index contributed by atoms with van der Waals surface area (Å²) in [5.74, 6) is 1.45. The van der Waals surface area contributed by atoms with Gasteiger partial charge in [0.2, 0.25) is 5.91 Å². The molecule has 2 aromatic rings. The Bertz CT molecular complexity index is 891. The summed E-state index contributed by atoms with van der Waals surface area (Å²) in [6.07, 6.45) is 0.0336. The molecule has 1 saturated heterocycles. The summed E-state index contributed by atoms with van der Waals surface area (Å²) >= 11 is 0. The van der Waals surface area contributed by atoms with Crippen molar-refractivity contribution in [3.63, 3.8) is 0 Å². The maximum atomic E-state index is 11.2. The second-order valence-corrected chi connectivity index (χ2v) is 7.19. The van der Waals surface area contributed by atoms with E-state index >= 15 is 0 Å². The Labute approximate surface area is 201 Å². The number of hydrogen-bond donors (Lipinski definition) is 2. The van der Waals surface area contributed by atoms with E-state index in [0.717, 1.165) is 24.7 Å². The van der Waals surface area contributed by atoms with Crippen molar-refractivity contribution in [1.29, 1.82) is 0 Å². The van der Waals surface area contributed by atoms with Gasteiger partial charge in [0.25, 0.3) is 0 Å². The highest BCUT2D eigenvalue weighted by atomic mass is 127. The third kappa shape index (κ3) is 7.39. The van der Waals surface area contributed by atoms with Gasteiger partial charge in [-0.25, -0.2) is 0 Å². The Kier molecular flexibility index (Phi) is 10.1. The summed E-state index contributed by atoms with van der Waals surface area (Å²) in [6.45, 7) is 6.90. The molecule has 0 saturated carbocycles. The molecule has 1 atom stereocenters. The second kappa shape index (κ2) is 12.5. The Morgan fingerprint density at radius 3 is 2.81 bits per heavy atom. The SMILES string of the molecule is CN=C(NCCOc1cccc(NC(C)=O)c1)N1CCOC(c2ccccc2C)C1.I. The average molecular weight is 538 g/mol. The zero-order chi connectivity index (χ0) is 21.3. The minimum Gasteiger partial charge on any atom is -0.492 e. The molecule has 1 amide bonds. The number of carbonyl (C=O) groups excluding carboxylic acids is 1. The molecule has 7 nitrogen and oxygen atoms in total. The maximum absolute atomic E-state index is 11.2. The molecule has 8 heteroatoms. The fourth-order valence-electron chi connectivity index (χ4n) is 3.51. The lowest BCUT2D eigenvalue weighted by molar-refractivity contribution is -0.114. The van der Waals surface area contributed by atoms with Gasteiger partial charge in [-0.1, -0.05) is 30.3 Å². The van der Waals surface area contributed by atoms with Gasteiger partial charge >= 0.3 is 0 Å². The lowest BCUT2D eigenvalue weighted by Crippen LogP contribution is -2.49. The molecule has 1 heterocycles. The minimum atomic E-state index is -0.105. The van der Waals surface area contributed by atoms with Crippen molar-refractivity contribution >= 4 is 41.5 Å². The topological polar surface area (TPSA) is 75.2 Å². The first-order valence-corrected chi connectivity index (χ1v) is 10.2. The van der Waals surface area contributed by atoms with Crippen molar-refractivity contribution in [2.45, 2.75) is 20.0 Å². The molecule has 0 spiro atoms. The normalized spacial score (nSPS) is 16.3. The summed E-state index contributed by atoms with van der Waals surface area (Å²) in [4.78, 5) is 17.8. The number of hydrogen-bond acceptors (Lipinski definition) is 4. The number of benzene rings is 2. The molecule has 1 fully saturated rings. The number of guanidine groups is 1. The maximum Gasteiger partial charge on any atom is 0.221 e. The Balaban J connectivity index is 0.00000341. The number of amides is 1. The van der Waals surface area contributed by atoms with Crippen LogP contribution in [0.4, 0.5) is 5.69 Å². The van der Waals surface area contributed by atoms with Crippen LogP contribution in [0.5, 0.6) is 5.75 Å². The van der Waals surface area contributed by atoms with Crippen molar-refractivity contribution in [2.75, 3.05) is 45.2 Å². The number of aryl methyl sites for hydroxylation is 1. The van der Waals surface area contributed by atoms with Crippen molar-refractivity contribution in [2.24, 2.45) is 4.99 Å². The van der Waals surface area contributed by atoms with E-state index in [-0.39, 0.29) is 36.0 Å². The van der Waals surface area contributed by atoms with Crippen LogP contribution in [0.15, 0.2) is 53.5 Å². The van der Waals surface area contributed by atoms with Gasteiger partial charge in [0.1, 0.15) is 18.5 Å². The van der Waals surface area contributed by atoms with Crippen LogP contribution in [-0.4, -0.2) is 56.7 Å². The fraction of sp³-hybridized carbons (Fsp3) is 0.391. The van der Waals surface area contributed by atoms with Crippen molar-refractivity contribution in [1.82, 2.24) is 10.2 Å². The van der Waals surface area contributed by atoms with Gasteiger partial charge in [-0.3, -0.25) is 9.79 Å². The summed E-state index contributed by atoms with van der Waals surface area (Å²) in [5, 5.41) is 6.12. The molecule has 2 aromatic carbocycles. The zero-order valence-corrected chi connectivity index (χ0v) is 20.6. The molecule has 1 aliphatic heterocycles. The quantitative estimate of drug-likeness (QED) is 0.255. The summed E-state index contributed by atoms with van der Waals surface area (Å²) in [5.41, 5.74) is 3.18. The number of halogens is 1. The number of aliphatic imine (C=N–C) groups is 1. The van der Waals surface area contributed by atoms with Crippen molar-refractivity contribution in [3.05, 3.63) is 59.7 Å². The van der Waals surface area contributed by atoms with Gasteiger partial charge in [-0.05, 0) is 30.2 Å².